The highest BCUT2D eigenvalue weighted by molar-refractivity contribution is 5.37. The smallest absolute Gasteiger partial charge is 0.401 e. The molecule has 0 saturated carbocycles. The van der Waals surface area contributed by atoms with Gasteiger partial charge >= 0.3 is 6.18 Å². The summed E-state index contributed by atoms with van der Waals surface area (Å²) in [6, 6.07) is 5.84. The molecule has 1 N–H and O–H groups in total. The van der Waals surface area contributed by atoms with Crippen molar-refractivity contribution in [3.05, 3.63) is 29.8 Å². The molecule has 2 atom stereocenters. The molecule has 0 aromatic heterocycles. The van der Waals surface area contributed by atoms with Crippen molar-refractivity contribution in [2.45, 2.75) is 38.2 Å². The summed E-state index contributed by atoms with van der Waals surface area (Å²) < 4.78 is 43.5. The summed E-state index contributed by atoms with van der Waals surface area (Å²) >= 11 is 0. The van der Waals surface area contributed by atoms with E-state index >= 15 is 0 Å². The van der Waals surface area contributed by atoms with Crippen LogP contribution in [0.15, 0.2) is 24.3 Å². The van der Waals surface area contributed by atoms with Crippen molar-refractivity contribution >= 4 is 0 Å². The van der Waals surface area contributed by atoms with Crippen molar-refractivity contribution in [1.82, 2.24) is 4.90 Å². The van der Waals surface area contributed by atoms with Crippen molar-refractivity contribution < 1.29 is 23.0 Å². The van der Waals surface area contributed by atoms with Gasteiger partial charge in [-0.05, 0) is 19.9 Å². The number of hydrogen-bond acceptors (Lipinski definition) is 3. The first-order valence-corrected chi connectivity index (χ1v) is 6.52. The zero-order chi connectivity index (χ0) is 14.9. The Bertz CT molecular complexity index is 462. The van der Waals surface area contributed by atoms with Gasteiger partial charge in [0.1, 0.15) is 18.5 Å². The number of aliphatic hydroxyl groups excluding tert-OH is 1. The lowest BCUT2D eigenvalue weighted by atomic mass is 9.97. The number of rotatable bonds is 3. The Labute approximate surface area is 116 Å². The number of alkyl halides is 3. The van der Waals surface area contributed by atoms with Crippen LogP contribution in [-0.2, 0) is 0 Å². The van der Waals surface area contributed by atoms with Gasteiger partial charge in [0.25, 0.3) is 0 Å². The van der Waals surface area contributed by atoms with Gasteiger partial charge in [0.2, 0.25) is 0 Å². The molecule has 0 amide bonds. The molecule has 112 valence electrons. The molecule has 1 heterocycles. The van der Waals surface area contributed by atoms with Crippen LogP contribution in [0.2, 0.25) is 0 Å². The Balaban J connectivity index is 2.23. The van der Waals surface area contributed by atoms with Gasteiger partial charge < -0.3 is 9.84 Å². The Morgan fingerprint density at radius 1 is 1.35 bits per heavy atom. The molecule has 2 rings (SSSR count). The quantitative estimate of drug-likeness (QED) is 0.928. The van der Waals surface area contributed by atoms with Crippen LogP contribution in [0.1, 0.15) is 25.5 Å². The molecule has 1 aromatic carbocycles. The molecule has 0 spiro atoms. The molecule has 2 unspecified atom stereocenters. The van der Waals surface area contributed by atoms with Gasteiger partial charge in [0.15, 0.2) is 0 Å². The number of halogens is 3. The van der Waals surface area contributed by atoms with Gasteiger partial charge in [-0.3, -0.25) is 4.90 Å². The normalized spacial score (nSPS) is 22.8. The van der Waals surface area contributed by atoms with E-state index in [1.807, 2.05) is 0 Å². The highest BCUT2D eigenvalue weighted by Gasteiger charge is 2.40. The molecule has 1 aromatic rings. The first-order valence-electron chi connectivity index (χ1n) is 6.52. The third kappa shape index (κ3) is 3.24. The number of nitrogens with zero attached hydrogens (tertiary/aromatic N) is 1. The van der Waals surface area contributed by atoms with Crippen LogP contribution < -0.4 is 4.74 Å². The second-order valence-electron chi connectivity index (χ2n) is 5.24. The SMILES string of the molecule is CC(C)N(CC(F)(F)F)C1COc2ccccc2C1O. The summed E-state index contributed by atoms with van der Waals surface area (Å²) in [7, 11) is 0. The molecule has 20 heavy (non-hydrogen) atoms. The van der Waals surface area contributed by atoms with E-state index in [-0.39, 0.29) is 12.6 Å². The lowest BCUT2D eigenvalue weighted by Gasteiger charge is -2.40. The van der Waals surface area contributed by atoms with E-state index < -0.39 is 24.9 Å². The average Bonchev–Trinajstić information content (AvgIpc) is 2.36. The minimum atomic E-state index is -4.30. The lowest BCUT2D eigenvalue weighted by molar-refractivity contribution is -0.164. The number of ether oxygens (including phenoxy) is 1. The monoisotopic (exact) mass is 289 g/mol. The summed E-state index contributed by atoms with van der Waals surface area (Å²) in [5.74, 6) is 0.534. The van der Waals surface area contributed by atoms with E-state index in [2.05, 4.69) is 0 Å². The van der Waals surface area contributed by atoms with Crippen LogP contribution in [0.5, 0.6) is 5.75 Å². The second kappa shape index (κ2) is 5.61. The first-order chi connectivity index (χ1) is 9.29. The topological polar surface area (TPSA) is 32.7 Å². The van der Waals surface area contributed by atoms with E-state index in [0.717, 1.165) is 0 Å². The fourth-order valence-corrected chi connectivity index (χ4v) is 2.50. The van der Waals surface area contributed by atoms with Crippen LogP contribution in [0.3, 0.4) is 0 Å². The Morgan fingerprint density at radius 3 is 2.60 bits per heavy atom. The highest BCUT2D eigenvalue weighted by atomic mass is 19.4. The van der Waals surface area contributed by atoms with Gasteiger partial charge in [0, 0.05) is 11.6 Å². The van der Waals surface area contributed by atoms with E-state index in [4.69, 9.17) is 4.74 Å². The zero-order valence-corrected chi connectivity index (χ0v) is 11.4. The maximum Gasteiger partial charge on any atom is 0.401 e. The van der Waals surface area contributed by atoms with Crippen LogP contribution in [0.25, 0.3) is 0 Å². The van der Waals surface area contributed by atoms with Crippen molar-refractivity contribution in [2.75, 3.05) is 13.2 Å². The van der Waals surface area contributed by atoms with Crippen molar-refractivity contribution in [1.29, 1.82) is 0 Å². The molecule has 1 aliphatic rings. The fourth-order valence-electron chi connectivity index (χ4n) is 2.50. The van der Waals surface area contributed by atoms with Crippen molar-refractivity contribution in [2.24, 2.45) is 0 Å². The molecular formula is C14H18F3NO2. The predicted molar refractivity (Wildman–Crippen MR) is 68.6 cm³/mol. The van der Waals surface area contributed by atoms with E-state index in [0.29, 0.717) is 11.3 Å². The maximum absolute atomic E-state index is 12.7. The minimum absolute atomic E-state index is 0.0481. The highest BCUT2D eigenvalue weighted by Crippen LogP contribution is 2.35. The third-order valence-electron chi connectivity index (χ3n) is 3.46. The summed E-state index contributed by atoms with van der Waals surface area (Å²) in [6.07, 6.45) is -5.29. The van der Waals surface area contributed by atoms with Crippen molar-refractivity contribution in [3.8, 4) is 5.75 Å². The van der Waals surface area contributed by atoms with E-state index in [9.17, 15) is 18.3 Å². The number of aliphatic hydroxyl groups is 1. The predicted octanol–water partition coefficient (Wildman–Crippen LogP) is 2.75. The summed E-state index contributed by atoms with van der Waals surface area (Å²) in [4.78, 5) is 1.24. The Hall–Kier alpha value is -1.27. The third-order valence-corrected chi connectivity index (χ3v) is 3.46. The Kier molecular flexibility index (Phi) is 4.25. The molecule has 0 aliphatic carbocycles. The van der Waals surface area contributed by atoms with Crippen molar-refractivity contribution in [3.63, 3.8) is 0 Å². The average molecular weight is 289 g/mol. The molecular weight excluding hydrogens is 271 g/mol. The second-order valence-corrected chi connectivity index (χ2v) is 5.24. The van der Waals surface area contributed by atoms with Gasteiger partial charge in [-0.2, -0.15) is 13.2 Å². The maximum atomic E-state index is 12.7. The number of para-hydroxylation sites is 1. The lowest BCUT2D eigenvalue weighted by Crippen LogP contribution is -2.52. The number of hydrogen-bond donors (Lipinski definition) is 1. The van der Waals surface area contributed by atoms with E-state index in [1.165, 1.54) is 4.90 Å². The van der Waals surface area contributed by atoms with Gasteiger partial charge in [-0.15, -0.1) is 0 Å². The van der Waals surface area contributed by atoms with Crippen LogP contribution in [-0.4, -0.2) is 41.4 Å². The first kappa shape index (κ1) is 15.1. The largest absolute Gasteiger partial charge is 0.491 e. The number of benzene rings is 1. The van der Waals surface area contributed by atoms with Gasteiger partial charge in [-0.1, -0.05) is 18.2 Å². The van der Waals surface area contributed by atoms with E-state index in [1.54, 1.807) is 38.1 Å². The zero-order valence-electron chi connectivity index (χ0n) is 11.4. The van der Waals surface area contributed by atoms with Gasteiger partial charge in [0.05, 0.1) is 12.6 Å². The molecule has 0 radical (unpaired) electrons. The Morgan fingerprint density at radius 2 is 2.00 bits per heavy atom. The standard InChI is InChI=1S/C14H18F3NO2/c1-9(2)18(8-14(15,16)17)11-7-20-12-6-4-3-5-10(12)13(11)19/h3-6,9,11,13,19H,7-8H2,1-2H3. The van der Waals surface area contributed by atoms with Crippen LogP contribution in [0, 0.1) is 0 Å². The van der Waals surface area contributed by atoms with Gasteiger partial charge in [-0.25, -0.2) is 0 Å². The molecule has 0 fully saturated rings. The molecule has 3 nitrogen and oxygen atoms in total. The van der Waals surface area contributed by atoms with Crippen LogP contribution >= 0.6 is 0 Å². The van der Waals surface area contributed by atoms with Crippen LogP contribution in [0.4, 0.5) is 13.2 Å². The summed E-state index contributed by atoms with van der Waals surface area (Å²) in [6.45, 7) is 2.35. The molecule has 0 saturated heterocycles. The molecule has 0 bridgehead atoms. The molecule has 1 aliphatic heterocycles. The molecule has 6 heteroatoms. The summed E-state index contributed by atoms with van der Waals surface area (Å²) in [5.41, 5.74) is 0.538. The minimum Gasteiger partial charge on any atom is -0.491 e. The number of fused-ring (bicyclic) bond motifs is 1. The fraction of sp³-hybridized carbons (Fsp3) is 0.571. The summed E-state index contributed by atoms with van der Waals surface area (Å²) in [5, 5.41) is 10.3.